The molecule has 1 aliphatic heterocycles. The Bertz CT molecular complexity index is 463. The number of pyridine rings is 1. The molecule has 0 spiro atoms. The molecule has 0 aliphatic carbocycles. The van der Waals surface area contributed by atoms with Crippen LogP contribution >= 0.6 is 12.4 Å². The maximum absolute atomic E-state index is 5.66. The molecule has 1 aliphatic rings. The van der Waals surface area contributed by atoms with E-state index in [9.17, 15) is 0 Å². The van der Waals surface area contributed by atoms with Gasteiger partial charge in [-0.15, -0.1) is 12.4 Å². The number of imidazole rings is 1. The van der Waals surface area contributed by atoms with Crippen molar-refractivity contribution in [3.63, 3.8) is 0 Å². The third kappa shape index (κ3) is 2.91. The van der Waals surface area contributed by atoms with Crippen LogP contribution in [0.1, 0.15) is 19.3 Å². The minimum atomic E-state index is 0. The average molecular weight is 269 g/mol. The monoisotopic (exact) mass is 268 g/mol. The Hall–Kier alpha value is -1.33. The lowest BCUT2D eigenvalue weighted by molar-refractivity contribution is 0.226. The minimum absolute atomic E-state index is 0. The Labute approximate surface area is 112 Å². The van der Waals surface area contributed by atoms with Crippen molar-refractivity contribution < 1.29 is 4.74 Å². The Morgan fingerprint density at radius 1 is 1.39 bits per heavy atom. The molecule has 3 rings (SSSR count). The topological polar surface area (TPSA) is 62.8 Å². The number of aromatic amines is 1. The van der Waals surface area contributed by atoms with Gasteiger partial charge in [-0.25, -0.2) is 4.98 Å². The molecule has 0 bridgehead atoms. The predicted octanol–water partition coefficient (Wildman–Crippen LogP) is 1.90. The van der Waals surface area contributed by atoms with Crippen molar-refractivity contribution in [3.8, 4) is 6.01 Å². The predicted molar refractivity (Wildman–Crippen MR) is 72.3 cm³/mol. The number of piperidine rings is 1. The van der Waals surface area contributed by atoms with Gasteiger partial charge in [-0.1, -0.05) is 6.42 Å². The van der Waals surface area contributed by atoms with E-state index < -0.39 is 0 Å². The van der Waals surface area contributed by atoms with E-state index in [1.165, 1.54) is 19.3 Å². The highest BCUT2D eigenvalue weighted by molar-refractivity contribution is 5.85. The summed E-state index contributed by atoms with van der Waals surface area (Å²) < 4.78 is 5.66. The summed E-state index contributed by atoms with van der Waals surface area (Å²) in [6.45, 7) is 1.76. The summed E-state index contributed by atoms with van der Waals surface area (Å²) >= 11 is 0. The number of rotatable bonds is 3. The molecule has 1 fully saturated rings. The molecule has 1 atom stereocenters. The molecule has 5 nitrogen and oxygen atoms in total. The highest BCUT2D eigenvalue weighted by Crippen LogP contribution is 2.14. The third-order valence-corrected chi connectivity index (χ3v) is 3.07. The molecule has 2 aromatic heterocycles. The van der Waals surface area contributed by atoms with Crippen LogP contribution in [0, 0.1) is 0 Å². The molecular weight excluding hydrogens is 252 g/mol. The maximum Gasteiger partial charge on any atom is 0.296 e. The van der Waals surface area contributed by atoms with Crippen molar-refractivity contribution in [1.29, 1.82) is 0 Å². The van der Waals surface area contributed by atoms with Gasteiger partial charge in [-0.2, -0.15) is 4.98 Å². The fraction of sp³-hybridized carbons (Fsp3) is 0.500. The molecule has 3 heterocycles. The average Bonchev–Trinajstić information content (AvgIpc) is 2.80. The number of hydrogen-bond donors (Lipinski definition) is 2. The third-order valence-electron chi connectivity index (χ3n) is 3.07. The van der Waals surface area contributed by atoms with Crippen LogP contribution in [-0.2, 0) is 0 Å². The van der Waals surface area contributed by atoms with Gasteiger partial charge in [-0.3, -0.25) is 0 Å². The highest BCUT2D eigenvalue weighted by atomic mass is 35.5. The van der Waals surface area contributed by atoms with Crippen molar-refractivity contribution >= 4 is 23.6 Å². The maximum atomic E-state index is 5.66. The second kappa shape index (κ2) is 6.02. The lowest BCUT2D eigenvalue weighted by Gasteiger charge is -2.22. The molecule has 0 radical (unpaired) electrons. The van der Waals surface area contributed by atoms with Crippen LogP contribution < -0.4 is 10.1 Å². The van der Waals surface area contributed by atoms with E-state index in [0.717, 1.165) is 12.1 Å². The number of nitrogens with one attached hydrogen (secondary N) is 2. The second-order valence-electron chi connectivity index (χ2n) is 4.37. The van der Waals surface area contributed by atoms with E-state index in [1.54, 1.807) is 6.20 Å². The van der Waals surface area contributed by atoms with Gasteiger partial charge in [0, 0.05) is 12.2 Å². The summed E-state index contributed by atoms with van der Waals surface area (Å²) in [6.07, 6.45) is 5.46. The first-order valence-corrected chi connectivity index (χ1v) is 6.09. The molecule has 1 unspecified atom stereocenters. The first-order valence-electron chi connectivity index (χ1n) is 6.09. The fourth-order valence-electron chi connectivity index (χ4n) is 2.14. The van der Waals surface area contributed by atoms with Crippen LogP contribution in [0.2, 0.25) is 0 Å². The van der Waals surface area contributed by atoms with Crippen molar-refractivity contribution in [2.75, 3.05) is 13.2 Å². The smallest absolute Gasteiger partial charge is 0.296 e. The number of hydrogen-bond acceptors (Lipinski definition) is 4. The largest absolute Gasteiger partial charge is 0.463 e. The van der Waals surface area contributed by atoms with E-state index in [2.05, 4.69) is 20.3 Å². The summed E-state index contributed by atoms with van der Waals surface area (Å²) in [5, 5.41) is 3.44. The normalized spacial score (nSPS) is 19.4. The highest BCUT2D eigenvalue weighted by Gasteiger charge is 2.14. The van der Waals surface area contributed by atoms with Crippen LogP contribution in [0.15, 0.2) is 18.3 Å². The van der Waals surface area contributed by atoms with Gasteiger partial charge < -0.3 is 15.0 Å². The number of halogens is 1. The van der Waals surface area contributed by atoms with Crippen molar-refractivity contribution in [2.24, 2.45) is 0 Å². The molecule has 0 saturated carbocycles. The number of fused-ring (bicyclic) bond motifs is 1. The van der Waals surface area contributed by atoms with Gasteiger partial charge in [0.05, 0.1) is 5.52 Å². The lowest BCUT2D eigenvalue weighted by Crippen LogP contribution is -2.38. The molecule has 18 heavy (non-hydrogen) atoms. The SMILES string of the molecule is Cl.c1cnc2nc(OCC3CCCCN3)[nH]c2c1. The van der Waals surface area contributed by atoms with Gasteiger partial charge in [0.15, 0.2) is 5.65 Å². The summed E-state index contributed by atoms with van der Waals surface area (Å²) in [4.78, 5) is 11.6. The van der Waals surface area contributed by atoms with Crippen LogP contribution in [0.5, 0.6) is 6.01 Å². The zero-order valence-electron chi connectivity index (χ0n) is 10.1. The Morgan fingerprint density at radius 3 is 3.11 bits per heavy atom. The molecule has 2 aromatic rings. The molecular formula is C12H17ClN4O. The van der Waals surface area contributed by atoms with Crippen molar-refractivity contribution in [1.82, 2.24) is 20.3 Å². The van der Waals surface area contributed by atoms with Gasteiger partial charge in [0.1, 0.15) is 6.61 Å². The number of H-pyrrole nitrogens is 1. The van der Waals surface area contributed by atoms with E-state index in [1.807, 2.05) is 12.1 Å². The van der Waals surface area contributed by atoms with Gasteiger partial charge in [-0.05, 0) is 31.5 Å². The van der Waals surface area contributed by atoms with E-state index in [0.29, 0.717) is 24.3 Å². The standard InChI is InChI=1S/C12H16N4O.ClH/c1-2-6-13-9(4-1)8-17-12-15-10-5-3-7-14-11(10)16-12;/h3,5,7,9,13H,1-2,4,6,8H2,(H,14,15,16);1H. The molecule has 2 N–H and O–H groups in total. The summed E-state index contributed by atoms with van der Waals surface area (Å²) in [5.74, 6) is 0. The van der Waals surface area contributed by atoms with E-state index in [4.69, 9.17) is 4.74 Å². The van der Waals surface area contributed by atoms with E-state index in [-0.39, 0.29) is 12.4 Å². The molecule has 1 saturated heterocycles. The van der Waals surface area contributed by atoms with Gasteiger partial charge in [0.25, 0.3) is 6.01 Å². The lowest BCUT2D eigenvalue weighted by atomic mass is 10.1. The summed E-state index contributed by atoms with van der Waals surface area (Å²) in [7, 11) is 0. The van der Waals surface area contributed by atoms with Gasteiger partial charge in [0.2, 0.25) is 0 Å². The second-order valence-corrected chi connectivity index (χ2v) is 4.37. The molecule has 0 aromatic carbocycles. The Morgan fingerprint density at radius 2 is 2.33 bits per heavy atom. The van der Waals surface area contributed by atoms with Crippen LogP contribution in [-0.4, -0.2) is 34.1 Å². The fourth-order valence-corrected chi connectivity index (χ4v) is 2.14. The quantitative estimate of drug-likeness (QED) is 0.893. The molecule has 98 valence electrons. The van der Waals surface area contributed by atoms with E-state index >= 15 is 0 Å². The van der Waals surface area contributed by atoms with Crippen LogP contribution in [0.3, 0.4) is 0 Å². The van der Waals surface area contributed by atoms with Gasteiger partial charge >= 0.3 is 0 Å². The van der Waals surface area contributed by atoms with Crippen LogP contribution in [0.4, 0.5) is 0 Å². The minimum Gasteiger partial charge on any atom is -0.463 e. The number of aromatic nitrogens is 3. The zero-order valence-corrected chi connectivity index (χ0v) is 10.9. The summed E-state index contributed by atoms with van der Waals surface area (Å²) in [5.41, 5.74) is 1.62. The molecule has 6 heteroatoms. The number of nitrogens with zero attached hydrogens (tertiary/aromatic N) is 2. The van der Waals surface area contributed by atoms with Crippen LogP contribution in [0.25, 0.3) is 11.2 Å². The first-order chi connectivity index (χ1) is 8.42. The molecule has 0 amide bonds. The number of ether oxygens (including phenoxy) is 1. The first kappa shape index (κ1) is 13.1. The Kier molecular flexibility index (Phi) is 4.38. The van der Waals surface area contributed by atoms with Crippen molar-refractivity contribution in [2.45, 2.75) is 25.3 Å². The summed E-state index contributed by atoms with van der Waals surface area (Å²) in [6, 6.07) is 4.84. The Balaban J connectivity index is 0.00000120. The van der Waals surface area contributed by atoms with Crippen molar-refractivity contribution in [3.05, 3.63) is 18.3 Å². The zero-order chi connectivity index (χ0) is 11.5.